The Labute approximate surface area is 160 Å². The molecule has 130 valence electrons. The SMILES string of the molecule is C#CCOc1c(Cl)cc(/C=C(\C#N)C(=O)Nc2ccc(O)cc2)cc1Cl. The third-order valence-electron chi connectivity index (χ3n) is 3.12. The van der Waals surface area contributed by atoms with E-state index in [1.807, 2.05) is 6.07 Å². The molecule has 0 spiro atoms. The molecule has 0 bridgehead atoms. The lowest BCUT2D eigenvalue weighted by Gasteiger charge is -2.09. The van der Waals surface area contributed by atoms with Crippen LogP contribution in [0.1, 0.15) is 5.56 Å². The predicted octanol–water partition coefficient (Wildman–Crippen LogP) is 4.26. The van der Waals surface area contributed by atoms with E-state index in [0.717, 1.165) is 0 Å². The molecule has 0 aliphatic rings. The van der Waals surface area contributed by atoms with Crippen molar-refractivity contribution in [1.82, 2.24) is 0 Å². The number of benzene rings is 2. The Hall–Kier alpha value is -3.12. The van der Waals surface area contributed by atoms with Crippen LogP contribution < -0.4 is 10.1 Å². The molecule has 0 aliphatic carbocycles. The van der Waals surface area contributed by atoms with Crippen molar-refractivity contribution < 1.29 is 14.6 Å². The number of hydrogen-bond acceptors (Lipinski definition) is 4. The largest absolute Gasteiger partial charge is 0.508 e. The molecule has 1 amide bonds. The quantitative estimate of drug-likeness (QED) is 0.348. The topological polar surface area (TPSA) is 82.3 Å². The van der Waals surface area contributed by atoms with Gasteiger partial charge in [-0.05, 0) is 48.0 Å². The molecule has 0 fully saturated rings. The van der Waals surface area contributed by atoms with Gasteiger partial charge < -0.3 is 15.2 Å². The number of carbonyl (C=O) groups excluding carboxylic acids is 1. The van der Waals surface area contributed by atoms with Crippen LogP contribution in [0.4, 0.5) is 5.69 Å². The van der Waals surface area contributed by atoms with E-state index in [4.69, 9.17) is 34.4 Å². The fourth-order valence-electron chi connectivity index (χ4n) is 1.97. The minimum atomic E-state index is -0.613. The molecule has 26 heavy (non-hydrogen) atoms. The number of ether oxygens (including phenoxy) is 1. The van der Waals surface area contributed by atoms with E-state index in [1.165, 1.54) is 42.5 Å². The van der Waals surface area contributed by atoms with Gasteiger partial charge in [-0.3, -0.25) is 4.79 Å². The van der Waals surface area contributed by atoms with Crippen molar-refractivity contribution in [2.45, 2.75) is 0 Å². The lowest BCUT2D eigenvalue weighted by Crippen LogP contribution is -2.13. The maximum Gasteiger partial charge on any atom is 0.266 e. The van der Waals surface area contributed by atoms with E-state index in [-0.39, 0.29) is 33.7 Å². The van der Waals surface area contributed by atoms with Crippen LogP contribution in [0.2, 0.25) is 10.0 Å². The van der Waals surface area contributed by atoms with Gasteiger partial charge in [0.05, 0.1) is 10.0 Å². The number of nitrogens with zero attached hydrogens (tertiary/aromatic N) is 1. The van der Waals surface area contributed by atoms with E-state index < -0.39 is 5.91 Å². The molecule has 0 saturated heterocycles. The van der Waals surface area contributed by atoms with Crippen LogP contribution in [-0.4, -0.2) is 17.6 Å². The highest BCUT2D eigenvalue weighted by Crippen LogP contribution is 2.34. The third-order valence-corrected chi connectivity index (χ3v) is 3.68. The standard InChI is InChI=1S/C19H12Cl2N2O3/c1-2-7-26-18-16(20)9-12(10-17(18)21)8-13(11-22)19(25)23-14-3-5-15(24)6-4-14/h1,3-6,8-10,24H,7H2,(H,23,25)/b13-8+. The number of carbonyl (C=O) groups is 1. The Kier molecular flexibility index (Phi) is 6.52. The van der Waals surface area contributed by atoms with Gasteiger partial charge in [-0.2, -0.15) is 5.26 Å². The number of aromatic hydroxyl groups is 1. The summed E-state index contributed by atoms with van der Waals surface area (Å²) >= 11 is 12.2. The second-order valence-electron chi connectivity index (χ2n) is 4.98. The molecular formula is C19H12Cl2N2O3. The number of terminal acetylenes is 1. The van der Waals surface area contributed by atoms with Crippen molar-refractivity contribution in [3.05, 3.63) is 57.6 Å². The van der Waals surface area contributed by atoms with Gasteiger partial charge in [0.25, 0.3) is 5.91 Å². The van der Waals surface area contributed by atoms with Crippen molar-refractivity contribution in [3.63, 3.8) is 0 Å². The Balaban J connectivity index is 2.25. The van der Waals surface area contributed by atoms with Crippen molar-refractivity contribution in [1.29, 1.82) is 5.26 Å². The number of amides is 1. The van der Waals surface area contributed by atoms with Crippen LogP contribution in [0, 0.1) is 23.7 Å². The minimum absolute atomic E-state index is 0.00705. The van der Waals surface area contributed by atoms with Crippen LogP contribution in [0.3, 0.4) is 0 Å². The van der Waals surface area contributed by atoms with E-state index in [1.54, 1.807) is 0 Å². The van der Waals surface area contributed by atoms with Crippen molar-refractivity contribution in [3.8, 4) is 29.9 Å². The Bertz CT molecular complexity index is 916. The monoisotopic (exact) mass is 386 g/mol. The zero-order chi connectivity index (χ0) is 19.1. The summed E-state index contributed by atoms with van der Waals surface area (Å²) in [6.07, 6.45) is 6.48. The van der Waals surface area contributed by atoms with Gasteiger partial charge in [-0.25, -0.2) is 0 Å². The molecule has 0 saturated carbocycles. The van der Waals surface area contributed by atoms with E-state index >= 15 is 0 Å². The molecule has 2 rings (SSSR count). The molecule has 0 unspecified atom stereocenters. The zero-order valence-corrected chi connectivity index (χ0v) is 14.8. The van der Waals surface area contributed by atoms with Crippen LogP contribution in [0.5, 0.6) is 11.5 Å². The lowest BCUT2D eigenvalue weighted by molar-refractivity contribution is -0.112. The molecule has 2 aromatic rings. The Morgan fingerprint density at radius 1 is 1.27 bits per heavy atom. The Morgan fingerprint density at radius 2 is 1.88 bits per heavy atom. The summed E-state index contributed by atoms with van der Waals surface area (Å²) in [6.45, 7) is 0.00705. The van der Waals surface area contributed by atoms with Crippen molar-refractivity contribution >= 4 is 40.9 Å². The van der Waals surface area contributed by atoms with Crippen molar-refractivity contribution in [2.24, 2.45) is 0 Å². The smallest absolute Gasteiger partial charge is 0.266 e. The number of nitrogens with one attached hydrogen (secondary N) is 1. The molecular weight excluding hydrogens is 375 g/mol. The first-order valence-corrected chi connectivity index (χ1v) is 7.97. The van der Waals surface area contributed by atoms with Crippen molar-refractivity contribution in [2.75, 3.05) is 11.9 Å². The third kappa shape index (κ3) is 4.94. The van der Waals surface area contributed by atoms with Gasteiger partial charge in [-0.15, -0.1) is 6.42 Å². The summed E-state index contributed by atoms with van der Waals surface area (Å²) in [6, 6.07) is 10.7. The van der Waals surface area contributed by atoms with Crippen LogP contribution in [-0.2, 0) is 4.79 Å². The van der Waals surface area contributed by atoms with Crippen LogP contribution >= 0.6 is 23.2 Å². The molecule has 0 radical (unpaired) electrons. The van der Waals surface area contributed by atoms with E-state index in [2.05, 4.69) is 11.2 Å². The normalized spacial score (nSPS) is 10.5. The second kappa shape index (κ2) is 8.82. The molecule has 7 heteroatoms. The van der Waals surface area contributed by atoms with Crippen LogP contribution in [0.15, 0.2) is 42.0 Å². The fourth-order valence-corrected chi connectivity index (χ4v) is 2.59. The summed E-state index contributed by atoms with van der Waals surface area (Å²) in [4.78, 5) is 12.2. The number of halogens is 2. The van der Waals surface area contributed by atoms with E-state index in [0.29, 0.717) is 11.3 Å². The first kappa shape index (κ1) is 19.2. The molecule has 0 heterocycles. The number of anilines is 1. The number of phenols is 1. The molecule has 0 atom stereocenters. The minimum Gasteiger partial charge on any atom is -0.508 e. The highest BCUT2D eigenvalue weighted by atomic mass is 35.5. The molecule has 2 N–H and O–H groups in total. The zero-order valence-electron chi connectivity index (χ0n) is 13.3. The first-order valence-electron chi connectivity index (χ1n) is 7.22. The molecule has 5 nitrogen and oxygen atoms in total. The van der Waals surface area contributed by atoms with E-state index in [9.17, 15) is 15.2 Å². The number of hydrogen-bond donors (Lipinski definition) is 2. The van der Waals surface area contributed by atoms with Gasteiger partial charge in [-0.1, -0.05) is 29.1 Å². The van der Waals surface area contributed by atoms with Gasteiger partial charge in [0, 0.05) is 5.69 Å². The fraction of sp³-hybridized carbons (Fsp3) is 0.0526. The molecule has 0 aromatic heterocycles. The summed E-state index contributed by atoms with van der Waals surface area (Å²) in [7, 11) is 0. The average Bonchev–Trinajstić information content (AvgIpc) is 2.61. The van der Waals surface area contributed by atoms with Crippen LogP contribution in [0.25, 0.3) is 6.08 Å². The number of rotatable bonds is 5. The summed E-state index contributed by atoms with van der Waals surface area (Å²) in [5.41, 5.74) is 0.732. The first-order chi connectivity index (χ1) is 12.4. The second-order valence-corrected chi connectivity index (χ2v) is 5.79. The number of nitriles is 1. The van der Waals surface area contributed by atoms with Gasteiger partial charge >= 0.3 is 0 Å². The van der Waals surface area contributed by atoms with Gasteiger partial charge in [0.15, 0.2) is 5.75 Å². The molecule has 0 aliphatic heterocycles. The Morgan fingerprint density at radius 3 is 2.42 bits per heavy atom. The summed E-state index contributed by atoms with van der Waals surface area (Å²) < 4.78 is 5.25. The van der Waals surface area contributed by atoms with Gasteiger partial charge in [0.1, 0.15) is 24.0 Å². The molecule has 2 aromatic carbocycles. The number of phenolic OH excluding ortho intramolecular Hbond substituents is 1. The van der Waals surface area contributed by atoms with Gasteiger partial charge in [0.2, 0.25) is 0 Å². The summed E-state index contributed by atoms with van der Waals surface area (Å²) in [5.74, 6) is 1.99. The summed E-state index contributed by atoms with van der Waals surface area (Å²) in [5, 5.41) is 21.5. The lowest BCUT2D eigenvalue weighted by atomic mass is 10.1. The predicted molar refractivity (Wildman–Crippen MR) is 101 cm³/mol. The highest BCUT2D eigenvalue weighted by molar-refractivity contribution is 6.37. The maximum atomic E-state index is 12.2. The average molecular weight is 387 g/mol. The highest BCUT2D eigenvalue weighted by Gasteiger charge is 2.13. The maximum absolute atomic E-state index is 12.2.